The zero-order valence-electron chi connectivity index (χ0n) is 32.7. The molecule has 1 saturated heterocycles. The Morgan fingerprint density at radius 1 is 0.825 bits per heavy atom. The number of aliphatic carboxylic acids is 2. The summed E-state index contributed by atoms with van der Waals surface area (Å²) < 4.78 is 16.5. The summed E-state index contributed by atoms with van der Waals surface area (Å²) in [4.78, 5) is 124. The minimum Gasteiger partial charge on any atom is -0.481 e. The van der Waals surface area contributed by atoms with Crippen LogP contribution < -0.4 is 38.1 Å². The van der Waals surface area contributed by atoms with Crippen molar-refractivity contribution in [2.24, 2.45) is 17.4 Å². The second-order valence-corrected chi connectivity index (χ2v) is 15.2. The lowest BCUT2D eigenvalue weighted by Crippen LogP contribution is -2.61. The molecule has 1 aliphatic heterocycles. The number of aliphatic hydroxyl groups is 1. The maximum Gasteiger partial charge on any atom is 0.469 e. The van der Waals surface area contributed by atoms with Crippen molar-refractivity contribution in [1.29, 1.82) is 0 Å². The van der Waals surface area contributed by atoms with Crippen molar-refractivity contribution in [3.05, 3.63) is 0 Å². The number of hydrogen-bond acceptors (Lipinski definition) is 13. The van der Waals surface area contributed by atoms with Crippen molar-refractivity contribution >= 4 is 55.2 Å². The molecule has 1 rings (SSSR count). The monoisotopic (exact) mass is 838 g/mol. The van der Waals surface area contributed by atoms with Gasteiger partial charge in [0.05, 0.1) is 12.2 Å². The number of phosphoric ester groups is 1. The molecule has 0 radical (unpaired) electrons. The minimum absolute atomic E-state index is 0.0284. The Morgan fingerprint density at radius 2 is 1.40 bits per heavy atom. The Labute approximate surface area is 330 Å². The number of carbonyl (C=O) groups is 8. The van der Waals surface area contributed by atoms with Crippen LogP contribution in [0.5, 0.6) is 0 Å². The molecule has 0 bridgehead atoms. The van der Waals surface area contributed by atoms with Gasteiger partial charge in [-0.2, -0.15) is 0 Å². The average Bonchev–Trinajstić information content (AvgIpc) is 3.62. The SMILES string of the molecule is CC[C@H](C)[C@H](NC(=O)[C@H](CCCCN)NC(=O)[C@H](CCC(=O)O)NC(=O)[C@@H](NC(=O)[C@@H]1CCCN1C(=O)[C@H](C)NC(=O)[C@@H](N)[C@@H](C)O)[C@@H](C)OP(=O)(O)O)C(=O)O. The predicted molar refractivity (Wildman–Crippen MR) is 199 cm³/mol. The van der Waals surface area contributed by atoms with Crippen LogP contribution >= 0.6 is 7.82 Å². The number of nitrogens with two attached hydrogens (primary N) is 2. The molecule has 0 unspecified atom stereocenters. The fourth-order valence-electron chi connectivity index (χ4n) is 5.83. The molecular weight excluding hydrogens is 779 g/mol. The number of carbonyl (C=O) groups excluding carboxylic acids is 6. The van der Waals surface area contributed by atoms with Crippen LogP contribution in [0.1, 0.15) is 86.0 Å². The van der Waals surface area contributed by atoms with Crippen LogP contribution in [0.15, 0.2) is 0 Å². The minimum atomic E-state index is -5.32. The van der Waals surface area contributed by atoms with Crippen LogP contribution in [-0.4, -0.2) is 145 Å². The molecule has 1 aliphatic rings. The van der Waals surface area contributed by atoms with E-state index >= 15 is 0 Å². The van der Waals surface area contributed by atoms with E-state index in [0.29, 0.717) is 25.7 Å². The van der Waals surface area contributed by atoms with Crippen molar-refractivity contribution in [2.75, 3.05) is 13.1 Å². The van der Waals surface area contributed by atoms with E-state index in [1.165, 1.54) is 13.8 Å². The third-order valence-corrected chi connectivity index (χ3v) is 9.99. The maximum absolute atomic E-state index is 13.8. The first-order valence-electron chi connectivity index (χ1n) is 18.6. The van der Waals surface area contributed by atoms with E-state index in [2.05, 4.69) is 31.1 Å². The molecule has 326 valence electrons. The molecule has 0 aliphatic carbocycles. The number of nitrogens with zero attached hydrogens (tertiary/aromatic N) is 1. The third kappa shape index (κ3) is 17.0. The van der Waals surface area contributed by atoms with Gasteiger partial charge in [0.2, 0.25) is 35.4 Å². The molecule has 1 fully saturated rings. The average molecular weight is 839 g/mol. The number of rotatable bonds is 25. The van der Waals surface area contributed by atoms with Crippen LogP contribution in [0.2, 0.25) is 0 Å². The zero-order chi connectivity index (χ0) is 43.8. The normalized spacial score (nSPS) is 19.0. The van der Waals surface area contributed by atoms with Crippen molar-refractivity contribution in [1.82, 2.24) is 31.5 Å². The fraction of sp³-hybridized carbons (Fsp3) is 0.758. The summed E-state index contributed by atoms with van der Waals surface area (Å²) in [6.07, 6.45) is -2.87. The number of nitrogens with one attached hydrogen (secondary N) is 5. The van der Waals surface area contributed by atoms with Crippen LogP contribution in [0.4, 0.5) is 0 Å². The van der Waals surface area contributed by atoms with Crippen LogP contribution in [0.3, 0.4) is 0 Å². The Hall–Kier alpha value is -4.25. The number of carboxylic acid groups (broad SMARTS) is 2. The molecule has 10 atom stereocenters. The number of likely N-dealkylation sites (tertiary alicyclic amines) is 1. The molecule has 0 spiro atoms. The maximum atomic E-state index is 13.8. The van der Waals surface area contributed by atoms with Gasteiger partial charge in [0, 0.05) is 13.0 Å². The van der Waals surface area contributed by atoms with Crippen LogP contribution in [-0.2, 0) is 47.4 Å². The number of carboxylic acids is 2. The standard InChI is InChI=1S/C33H59N8O15P/c1-6-16(2)25(33(51)52)39-28(46)20(10-7-8-14-34)37-27(45)21(12-13-23(43)44)38-31(49)26(19(5)56-57(53,54)55)40-29(47)22-11-9-15-41(22)32(50)17(3)36-30(48)24(35)18(4)42/h16-22,24-26,42H,6-15,34-35H2,1-5H3,(H,36,48)(H,37,45)(H,38,49)(H,39,46)(H,40,47)(H,43,44)(H,51,52)(H2,53,54,55)/t16-,17-,18+,19+,20-,21-,22-,24-,25-,26-/m0/s1. The molecule has 24 heteroatoms. The summed E-state index contributed by atoms with van der Waals surface area (Å²) in [5.74, 6) is -8.99. The van der Waals surface area contributed by atoms with Gasteiger partial charge >= 0.3 is 19.8 Å². The summed E-state index contributed by atoms with van der Waals surface area (Å²) in [5, 5.41) is 40.4. The lowest BCUT2D eigenvalue weighted by Gasteiger charge is -2.31. The Balaban J connectivity index is 3.41. The third-order valence-electron chi connectivity index (χ3n) is 9.38. The summed E-state index contributed by atoms with van der Waals surface area (Å²) in [5.41, 5.74) is 11.2. The van der Waals surface area contributed by atoms with Crippen molar-refractivity contribution in [2.45, 2.75) is 140 Å². The van der Waals surface area contributed by atoms with Gasteiger partial charge in [-0.15, -0.1) is 0 Å². The van der Waals surface area contributed by atoms with Gasteiger partial charge in [0.1, 0.15) is 42.3 Å². The lowest BCUT2D eigenvalue weighted by atomic mass is 9.98. The molecular formula is C33H59N8O15P. The van der Waals surface area contributed by atoms with Crippen LogP contribution in [0.25, 0.3) is 0 Å². The topological polar surface area (TPSA) is 379 Å². The molecule has 14 N–H and O–H groups in total. The fourth-order valence-corrected chi connectivity index (χ4v) is 6.39. The largest absolute Gasteiger partial charge is 0.481 e. The molecule has 1 heterocycles. The van der Waals surface area contributed by atoms with Crippen molar-refractivity contribution in [3.8, 4) is 0 Å². The van der Waals surface area contributed by atoms with E-state index in [1.54, 1.807) is 13.8 Å². The van der Waals surface area contributed by atoms with E-state index in [-0.39, 0.29) is 25.9 Å². The van der Waals surface area contributed by atoms with Gasteiger partial charge in [-0.05, 0) is 71.8 Å². The Bertz CT molecular complexity index is 1480. The van der Waals surface area contributed by atoms with Gasteiger partial charge in [-0.3, -0.25) is 38.1 Å². The van der Waals surface area contributed by atoms with E-state index < -0.39 is 128 Å². The smallest absolute Gasteiger partial charge is 0.469 e. The van der Waals surface area contributed by atoms with E-state index in [1.807, 2.05) is 0 Å². The predicted octanol–water partition coefficient (Wildman–Crippen LogP) is -3.25. The highest BCUT2D eigenvalue weighted by Gasteiger charge is 2.41. The molecule has 23 nitrogen and oxygen atoms in total. The van der Waals surface area contributed by atoms with Gasteiger partial charge in [-0.25, -0.2) is 9.36 Å². The van der Waals surface area contributed by atoms with E-state index in [9.17, 15) is 68.0 Å². The zero-order valence-corrected chi connectivity index (χ0v) is 33.6. The molecule has 57 heavy (non-hydrogen) atoms. The molecule has 0 aromatic carbocycles. The highest BCUT2D eigenvalue weighted by atomic mass is 31.2. The van der Waals surface area contributed by atoms with E-state index in [0.717, 1.165) is 11.8 Å². The molecule has 0 saturated carbocycles. The van der Waals surface area contributed by atoms with Gasteiger partial charge in [0.15, 0.2) is 0 Å². The second-order valence-electron chi connectivity index (χ2n) is 14.0. The van der Waals surface area contributed by atoms with Crippen LogP contribution in [0, 0.1) is 5.92 Å². The highest BCUT2D eigenvalue weighted by molar-refractivity contribution is 7.46. The number of unbranched alkanes of at least 4 members (excludes halogenated alkanes) is 1. The van der Waals surface area contributed by atoms with Crippen molar-refractivity contribution in [3.63, 3.8) is 0 Å². The molecule has 6 amide bonds. The summed E-state index contributed by atoms with van der Waals surface area (Å²) in [7, 11) is -5.32. The number of amides is 6. The number of phosphoric acid groups is 1. The lowest BCUT2D eigenvalue weighted by molar-refractivity contribution is -0.144. The first-order valence-corrected chi connectivity index (χ1v) is 20.1. The summed E-state index contributed by atoms with van der Waals surface area (Å²) >= 11 is 0. The Morgan fingerprint density at radius 3 is 1.93 bits per heavy atom. The summed E-state index contributed by atoms with van der Waals surface area (Å²) in [6.45, 7) is 7.19. The molecule has 0 aromatic rings. The highest BCUT2D eigenvalue weighted by Crippen LogP contribution is 2.38. The number of aliphatic hydroxyl groups excluding tert-OH is 1. The van der Waals surface area contributed by atoms with Crippen molar-refractivity contribution < 1.29 is 72.6 Å². The second kappa shape index (κ2) is 23.9. The first kappa shape index (κ1) is 50.8. The summed E-state index contributed by atoms with van der Waals surface area (Å²) in [6, 6.07) is -10.2. The number of hydrogen-bond donors (Lipinski definition) is 12. The Kier molecular flexibility index (Phi) is 21.2. The van der Waals surface area contributed by atoms with E-state index in [4.69, 9.17) is 11.5 Å². The van der Waals surface area contributed by atoms with Gasteiger partial charge in [0.25, 0.3) is 0 Å². The van der Waals surface area contributed by atoms with Gasteiger partial charge < -0.3 is 68.1 Å². The van der Waals surface area contributed by atoms with Gasteiger partial charge in [-0.1, -0.05) is 20.3 Å². The molecule has 0 aromatic heterocycles. The first-order chi connectivity index (χ1) is 26.4. The quantitative estimate of drug-likeness (QED) is 0.0317.